The van der Waals surface area contributed by atoms with Crippen LogP contribution in [0, 0.1) is 0 Å². The highest BCUT2D eigenvalue weighted by Crippen LogP contribution is 2.31. The summed E-state index contributed by atoms with van der Waals surface area (Å²) in [6.07, 6.45) is 7.74. The van der Waals surface area contributed by atoms with Crippen molar-refractivity contribution in [1.29, 1.82) is 0 Å². The van der Waals surface area contributed by atoms with E-state index in [9.17, 15) is 0 Å². The number of aromatic nitrogens is 2. The van der Waals surface area contributed by atoms with Gasteiger partial charge in [0.1, 0.15) is 0 Å². The van der Waals surface area contributed by atoms with Gasteiger partial charge in [-0.1, -0.05) is 59.6 Å². The van der Waals surface area contributed by atoms with Gasteiger partial charge < -0.3 is 4.57 Å². The Labute approximate surface area is 146 Å². The average molecular weight is 343 g/mol. The van der Waals surface area contributed by atoms with Gasteiger partial charge in [-0.05, 0) is 35.8 Å². The van der Waals surface area contributed by atoms with Gasteiger partial charge in [0.05, 0.1) is 6.33 Å². The number of hydrogen-bond donors (Lipinski definition) is 0. The minimum absolute atomic E-state index is 0.647. The van der Waals surface area contributed by atoms with E-state index in [1.807, 2.05) is 29.2 Å². The van der Waals surface area contributed by atoms with E-state index in [-0.39, 0.29) is 0 Å². The molecule has 116 valence electrons. The van der Waals surface area contributed by atoms with Crippen molar-refractivity contribution in [3.63, 3.8) is 0 Å². The minimum atomic E-state index is 0.647. The van der Waals surface area contributed by atoms with Crippen molar-refractivity contribution in [2.75, 3.05) is 0 Å². The van der Waals surface area contributed by atoms with E-state index in [1.165, 1.54) is 11.1 Å². The van der Waals surface area contributed by atoms with Crippen LogP contribution in [0.3, 0.4) is 0 Å². The van der Waals surface area contributed by atoms with Crippen LogP contribution >= 0.6 is 23.2 Å². The second-order valence-corrected chi connectivity index (χ2v) is 6.19. The molecule has 0 fully saturated rings. The largest absolute Gasteiger partial charge is 0.334 e. The number of benzene rings is 2. The fraction of sp³-hybridized carbons (Fsp3) is 0.105. The highest BCUT2D eigenvalue weighted by atomic mass is 35.5. The first-order valence-corrected chi connectivity index (χ1v) is 8.07. The Bertz CT molecular complexity index is 819. The van der Waals surface area contributed by atoms with Crippen LogP contribution in [0.4, 0.5) is 0 Å². The van der Waals surface area contributed by atoms with Gasteiger partial charge in [-0.3, -0.25) is 0 Å². The first kappa shape index (κ1) is 15.9. The van der Waals surface area contributed by atoms with Crippen molar-refractivity contribution in [1.82, 2.24) is 9.55 Å². The zero-order chi connectivity index (χ0) is 16.2. The normalized spacial score (nSPS) is 11.7. The molecule has 0 aliphatic rings. The molecule has 3 aromatic rings. The average Bonchev–Trinajstić information content (AvgIpc) is 3.06. The van der Waals surface area contributed by atoms with E-state index < -0.39 is 0 Å². The number of allylic oxidation sites excluding steroid dienone is 2. The molecule has 23 heavy (non-hydrogen) atoms. The molecule has 1 aromatic heterocycles. The topological polar surface area (TPSA) is 17.8 Å². The molecule has 2 nitrogen and oxygen atoms in total. The van der Waals surface area contributed by atoms with Crippen LogP contribution in [0.25, 0.3) is 16.7 Å². The number of rotatable bonds is 4. The molecule has 0 aliphatic heterocycles. The van der Waals surface area contributed by atoms with Gasteiger partial charge in [-0.2, -0.15) is 0 Å². The number of halogens is 2. The van der Waals surface area contributed by atoms with Gasteiger partial charge in [0.2, 0.25) is 0 Å². The summed E-state index contributed by atoms with van der Waals surface area (Å²) >= 11 is 12.2. The van der Waals surface area contributed by atoms with Crippen molar-refractivity contribution < 1.29 is 0 Å². The summed E-state index contributed by atoms with van der Waals surface area (Å²) in [6, 6.07) is 14.0. The summed E-state index contributed by atoms with van der Waals surface area (Å²) in [5, 5.41) is 1.31. The molecule has 0 bridgehead atoms. The number of imidazole rings is 1. The van der Waals surface area contributed by atoms with Gasteiger partial charge in [0, 0.05) is 34.5 Å². The lowest BCUT2D eigenvalue weighted by atomic mass is 10.0. The monoisotopic (exact) mass is 342 g/mol. The molecular weight excluding hydrogens is 327 g/mol. The molecule has 0 unspecified atom stereocenters. The van der Waals surface area contributed by atoms with Crippen molar-refractivity contribution in [2.24, 2.45) is 0 Å². The molecule has 0 spiro atoms. The van der Waals surface area contributed by atoms with Crippen LogP contribution < -0.4 is 0 Å². The van der Waals surface area contributed by atoms with E-state index in [0.717, 1.165) is 17.7 Å². The van der Waals surface area contributed by atoms with Crippen LogP contribution in [0.5, 0.6) is 0 Å². The van der Waals surface area contributed by atoms with Gasteiger partial charge in [-0.25, -0.2) is 4.98 Å². The number of nitrogens with zero attached hydrogens (tertiary/aromatic N) is 2. The standard InChI is InChI=1S/C19H16Cl2N2/c1-14(8-10-23-11-9-22-13-23)15-2-4-16(5-3-15)18-7-6-17(20)12-19(18)21/h2-9,11-13H,10H2,1H3. The predicted octanol–water partition coefficient (Wildman–Crippen LogP) is 5.96. The van der Waals surface area contributed by atoms with Gasteiger partial charge in [0.25, 0.3) is 0 Å². The molecular formula is C19H16Cl2N2. The second kappa shape index (κ2) is 7.03. The third-order valence-corrected chi connectivity index (χ3v) is 4.30. The third-order valence-electron chi connectivity index (χ3n) is 3.75. The lowest BCUT2D eigenvalue weighted by Crippen LogP contribution is -1.91. The summed E-state index contributed by atoms with van der Waals surface area (Å²) in [6.45, 7) is 2.93. The zero-order valence-corrected chi connectivity index (χ0v) is 14.2. The van der Waals surface area contributed by atoms with Crippen LogP contribution in [-0.4, -0.2) is 9.55 Å². The first-order valence-electron chi connectivity index (χ1n) is 7.32. The number of hydrogen-bond acceptors (Lipinski definition) is 1. The van der Waals surface area contributed by atoms with Crippen molar-refractivity contribution >= 4 is 28.8 Å². The minimum Gasteiger partial charge on any atom is -0.334 e. The van der Waals surface area contributed by atoms with E-state index >= 15 is 0 Å². The lowest BCUT2D eigenvalue weighted by Gasteiger charge is -2.07. The Morgan fingerprint density at radius 1 is 1.13 bits per heavy atom. The predicted molar refractivity (Wildman–Crippen MR) is 97.8 cm³/mol. The molecule has 0 radical (unpaired) electrons. The summed E-state index contributed by atoms with van der Waals surface area (Å²) in [5.41, 5.74) is 4.49. The second-order valence-electron chi connectivity index (χ2n) is 5.35. The third kappa shape index (κ3) is 3.84. The summed E-state index contributed by atoms with van der Waals surface area (Å²) in [5.74, 6) is 0. The molecule has 0 aliphatic carbocycles. The molecule has 4 heteroatoms. The van der Waals surface area contributed by atoms with E-state index in [0.29, 0.717) is 10.0 Å². The van der Waals surface area contributed by atoms with Crippen molar-refractivity contribution in [3.05, 3.63) is 82.9 Å². The van der Waals surface area contributed by atoms with Crippen molar-refractivity contribution in [2.45, 2.75) is 13.5 Å². The van der Waals surface area contributed by atoms with Crippen LogP contribution in [-0.2, 0) is 6.54 Å². The fourth-order valence-electron chi connectivity index (χ4n) is 2.39. The zero-order valence-electron chi connectivity index (χ0n) is 12.7. The fourth-order valence-corrected chi connectivity index (χ4v) is 2.91. The summed E-state index contributed by atoms with van der Waals surface area (Å²) < 4.78 is 2.03. The van der Waals surface area contributed by atoms with E-state index in [4.69, 9.17) is 23.2 Å². The Balaban J connectivity index is 1.80. The maximum Gasteiger partial charge on any atom is 0.0948 e. The molecule has 0 amide bonds. The Kier molecular flexibility index (Phi) is 4.85. The van der Waals surface area contributed by atoms with E-state index in [2.05, 4.69) is 42.2 Å². The van der Waals surface area contributed by atoms with Crippen LogP contribution in [0.15, 0.2) is 67.3 Å². The SMILES string of the molecule is CC(=CCn1ccnc1)c1ccc(-c2ccc(Cl)cc2Cl)cc1. The highest BCUT2D eigenvalue weighted by Gasteiger charge is 2.05. The quantitative estimate of drug-likeness (QED) is 0.571. The maximum atomic E-state index is 6.27. The van der Waals surface area contributed by atoms with Crippen molar-refractivity contribution in [3.8, 4) is 11.1 Å². The van der Waals surface area contributed by atoms with E-state index in [1.54, 1.807) is 12.3 Å². The molecule has 2 aromatic carbocycles. The van der Waals surface area contributed by atoms with Gasteiger partial charge in [0.15, 0.2) is 0 Å². The molecule has 3 rings (SSSR count). The smallest absolute Gasteiger partial charge is 0.0948 e. The Morgan fingerprint density at radius 2 is 1.91 bits per heavy atom. The lowest BCUT2D eigenvalue weighted by molar-refractivity contribution is 0.821. The molecule has 0 saturated heterocycles. The first-order chi connectivity index (χ1) is 11.1. The summed E-state index contributed by atoms with van der Waals surface area (Å²) in [4.78, 5) is 4.04. The Morgan fingerprint density at radius 3 is 2.57 bits per heavy atom. The highest BCUT2D eigenvalue weighted by molar-refractivity contribution is 6.36. The van der Waals surface area contributed by atoms with Crippen LogP contribution in [0.2, 0.25) is 10.0 Å². The molecule has 1 heterocycles. The molecule has 0 saturated carbocycles. The molecule has 0 atom stereocenters. The van der Waals surface area contributed by atoms with Gasteiger partial charge in [-0.15, -0.1) is 0 Å². The molecule has 0 N–H and O–H groups in total. The maximum absolute atomic E-state index is 6.27. The van der Waals surface area contributed by atoms with Crippen LogP contribution in [0.1, 0.15) is 12.5 Å². The Hall–Kier alpha value is -2.03. The van der Waals surface area contributed by atoms with Gasteiger partial charge >= 0.3 is 0 Å². The summed E-state index contributed by atoms with van der Waals surface area (Å²) in [7, 11) is 0.